The topological polar surface area (TPSA) is 37.4 Å². The number of carbonyl (C=O) groups is 2. The summed E-state index contributed by atoms with van der Waals surface area (Å²) in [6.07, 6.45) is 24.1. The fourth-order valence-electron chi connectivity index (χ4n) is 3.47. The molecule has 1 aliphatic heterocycles. The van der Waals surface area contributed by atoms with E-state index in [1.54, 1.807) is 0 Å². The van der Waals surface area contributed by atoms with Crippen LogP contribution >= 0.6 is 0 Å². The molecule has 2 amide bonds. The molecule has 0 spiro atoms. The van der Waals surface area contributed by atoms with Gasteiger partial charge in [0.15, 0.2) is 0 Å². The fraction of sp³-hybridized carbons (Fsp3) is 0.818. The molecule has 3 nitrogen and oxygen atoms in total. The number of nitrogens with zero attached hydrogens (tertiary/aromatic N) is 1. The second-order valence-corrected chi connectivity index (χ2v) is 7.46. The molecule has 25 heavy (non-hydrogen) atoms. The molecule has 0 unspecified atom stereocenters. The number of hydrogen-bond donors (Lipinski definition) is 0. The Morgan fingerprint density at radius 1 is 0.560 bits per heavy atom. The molecule has 0 saturated carbocycles. The molecule has 0 radical (unpaired) electrons. The van der Waals surface area contributed by atoms with Gasteiger partial charge in [0.1, 0.15) is 0 Å². The Morgan fingerprint density at radius 2 is 0.880 bits per heavy atom. The maximum Gasteiger partial charge on any atom is 0.253 e. The molecule has 0 saturated heterocycles. The predicted molar refractivity (Wildman–Crippen MR) is 105 cm³/mol. The molecule has 1 aliphatic rings. The van der Waals surface area contributed by atoms with Crippen molar-refractivity contribution in [1.29, 1.82) is 0 Å². The van der Waals surface area contributed by atoms with E-state index in [9.17, 15) is 9.59 Å². The lowest BCUT2D eigenvalue weighted by Gasteiger charge is -2.12. The molecular weight excluding hydrogens is 310 g/mol. The molecule has 0 N–H and O–H groups in total. The maximum absolute atomic E-state index is 11.4. The van der Waals surface area contributed by atoms with Crippen LogP contribution in [-0.4, -0.2) is 23.3 Å². The normalized spacial score (nSPS) is 14.0. The fourth-order valence-corrected chi connectivity index (χ4v) is 3.47. The van der Waals surface area contributed by atoms with Gasteiger partial charge in [-0.1, -0.05) is 103 Å². The smallest absolute Gasteiger partial charge is 0.253 e. The van der Waals surface area contributed by atoms with Crippen LogP contribution in [0, 0.1) is 0 Å². The van der Waals surface area contributed by atoms with Crippen molar-refractivity contribution in [1.82, 2.24) is 4.90 Å². The molecule has 0 bridgehead atoms. The van der Waals surface area contributed by atoms with Gasteiger partial charge in [-0.3, -0.25) is 14.5 Å². The van der Waals surface area contributed by atoms with Gasteiger partial charge >= 0.3 is 0 Å². The lowest BCUT2D eigenvalue weighted by molar-refractivity contribution is -0.136. The molecule has 0 aliphatic carbocycles. The van der Waals surface area contributed by atoms with Gasteiger partial charge in [0.2, 0.25) is 0 Å². The van der Waals surface area contributed by atoms with Crippen molar-refractivity contribution in [3.8, 4) is 0 Å². The average Bonchev–Trinajstić information content (AvgIpc) is 2.93. The first kappa shape index (κ1) is 21.9. The SMILES string of the molecule is CCCCCCCCCCCCCCCCCCN1C(=O)C=CC1=O. The summed E-state index contributed by atoms with van der Waals surface area (Å²) >= 11 is 0. The molecule has 3 heteroatoms. The Kier molecular flexibility index (Phi) is 13.3. The molecule has 144 valence electrons. The van der Waals surface area contributed by atoms with Crippen LogP contribution in [0.4, 0.5) is 0 Å². The van der Waals surface area contributed by atoms with Gasteiger partial charge in [0.05, 0.1) is 0 Å². The predicted octanol–water partition coefficient (Wildman–Crippen LogP) is 6.17. The lowest BCUT2D eigenvalue weighted by Crippen LogP contribution is -2.30. The van der Waals surface area contributed by atoms with Gasteiger partial charge in [0, 0.05) is 18.7 Å². The highest BCUT2D eigenvalue weighted by atomic mass is 16.2. The zero-order chi connectivity index (χ0) is 18.2. The van der Waals surface area contributed by atoms with Crippen molar-refractivity contribution in [2.45, 2.75) is 110 Å². The van der Waals surface area contributed by atoms with Crippen LogP contribution in [0.15, 0.2) is 12.2 Å². The Hall–Kier alpha value is -1.12. The summed E-state index contributed by atoms with van der Waals surface area (Å²) in [5.74, 6) is -0.295. The Bertz CT molecular complexity index is 371. The summed E-state index contributed by atoms with van der Waals surface area (Å²) in [6.45, 7) is 2.86. The first-order chi connectivity index (χ1) is 12.3. The summed E-state index contributed by atoms with van der Waals surface area (Å²) in [5, 5.41) is 0. The van der Waals surface area contributed by atoms with Gasteiger partial charge in [-0.15, -0.1) is 0 Å². The average molecular weight is 350 g/mol. The third-order valence-electron chi connectivity index (χ3n) is 5.14. The van der Waals surface area contributed by atoms with E-state index in [0.717, 1.165) is 12.8 Å². The largest absolute Gasteiger partial charge is 0.275 e. The van der Waals surface area contributed by atoms with E-state index in [2.05, 4.69) is 6.92 Å². The van der Waals surface area contributed by atoms with Gasteiger partial charge in [0.25, 0.3) is 11.8 Å². The van der Waals surface area contributed by atoms with Crippen molar-refractivity contribution in [2.24, 2.45) is 0 Å². The van der Waals surface area contributed by atoms with Gasteiger partial charge in [-0.05, 0) is 6.42 Å². The van der Waals surface area contributed by atoms with Gasteiger partial charge < -0.3 is 0 Å². The van der Waals surface area contributed by atoms with Crippen molar-refractivity contribution in [3.05, 3.63) is 12.2 Å². The van der Waals surface area contributed by atoms with Gasteiger partial charge in [-0.2, -0.15) is 0 Å². The highest BCUT2D eigenvalue weighted by Gasteiger charge is 2.21. The van der Waals surface area contributed by atoms with Crippen molar-refractivity contribution in [2.75, 3.05) is 6.54 Å². The van der Waals surface area contributed by atoms with Crippen LogP contribution in [0.1, 0.15) is 110 Å². The highest BCUT2D eigenvalue weighted by molar-refractivity contribution is 6.12. The van der Waals surface area contributed by atoms with Crippen LogP contribution < -0.4 is 0 Å². The van der Waals surface area contributed by atoms with Crippen molar-refractivity contribution < 1.29 is 9.59 Å². The third-order valence-corrected chi connectivity index (χ3v) is 5.14. The van der Waals surface area contributed by atoms with E-state index in [4.69, 9.17) is 0 Å². The molecule has 0 atom stereocenters. The van der Waals surface area contributed by atoms with E-state index >= 15 is 0 Å². The molecular formula is C22H39NO2. The number of unbranched alkanes of at least 4 members (excludes halogenated alkanes) is 15. The minimum atomic E-state index is -0.147. The summed E-state index contributed by atoms with van der Waals surface area (Å²) in [5.41, 5.74) is 0. The van der Waals surface area contributed by atoms with Crippen LogP contribution in [0.5, 0.6) is 0 Å². The first-order valence-corrected chi connectivity index (χ1v) is 10.8. The number of amides is 2. The van der Waals surface area contributed by atoms with Gasteiger partial charge in [-0.25, -0.2) is 0 Å². The molecule has 0 aromatic heterocycles. The molecule has 0 fully saturated rings. The van der Waals surface area contributed by atoms with E-state index in [1.807, 2.05) is 0 Å². The van der Waals surface area contributed by atoms with Crippen molar-refractivity contribution >= 4 is 11.8 Å². The summed E-state index contributed by atoms with van der Waals surface area (Å²) < 4.78 is 0. The Balaban J connectivity index is 1.73. The van der Waals surface area contributed by atoms with Crippen molar-refractivity contribution in [3.63, 3.8) is 0 Å². The van der Waals surface area contributed by atoms with E-state index < -0.39 is 0 Å². The van der Waals surface area contributed by atoms with Crippen LogP contribution in [-0.2, 0) is 9.59 Å². The Morgan fingerprint density at radius 3 is 1.24 bits per heavy atom. The maximum atomic E-state index is 11.4. The van der Waals surface area contributed by atoms with E-state index in [0.29, 0.717) is 6.54 Å². The monoisotopic (exact) mass is 349 g/mol. The second-order valence-electron chi connectivity index (χ2n) is 7.46. The van der Waals surface area contributed by atoms with Crippen LogP contribution in [0.2, 0.25) is 0 Å². The molecule has 0 aromatic carbocycles. The minimum absolute atomic E-state index is 0.147. The highest BCUT2D eigenvalue weighted by Crippen LogP contribution is 2.14. The zero-order valence-electron chi connectivity index (χ0n) is 16.4. The van der Waals surface area contributed by atoms with Crippen LogP contribution in [0.25, 0.3) is 0 Å². The number of imide groups is 1. The zero-order valence-corrected chi connectivity index (χ0v) is 16.4. The number of rotatable bonds is 17. The quantitative estimate of drug-likeness (QED) is 0.232. The second kappa shape index (κ2) is 15.2. The molecule has 1 heterocycles. The third kappa shape index (κ3) is 11.2. The lowest BCUT2D eigenvalue weighted by atomic mass is 10.0. The molecule has 1 rings (SSSR count). The van der Waals surface area contributed by atoms with E-state index in [-0.39, 0.29) is 11.8 Å². The summed E-state index contributed by atoms with van der Waals surface area (Å²) in [7, 11) is 0. The van der Waals surface area contributed by atoms with E-state index in [1.165, 1.54) is 107 Å². The summed E-state index contributed by atoms with van der Waals surface area (Å²) in [4.78, 5) is 24.1. The number of hydrogen-bond acceptors (Lipinski definition) is 2. The minimum Gasteiger partial charge on any atom is -0.275 e. The standard InChI is InChI=1S/C22H39NO2/c1-2-3-4-5-6-7-8-9-10-11-12-13-14-15-16-17-20-23-21(24)18-19-22(23)25/h18-19H,2-17,20H2,1H3. The Labute approximate surface area is 155 Å². The van der Waals surface area contributed by atoms with Crippen LogP contribution in [0.3, 0.4) is 0 Å². The number of carbonyl (C=O) groups excluding carboxylic acids is 2. The molecule has 0 aromatic rings. The first-order valence-electron chi connectivity index (χ1n) is 10.8. The summed E-state index contributed by atoms with van der Waals surface area (Å²) in [6, 6.07) is 0.